The average Bonchev–Trinajstić information content (AvgIpc) is 2.83. The first kappa shape index (κ1) is 15.7. The number of halogens is 1. The van der Waals surface area contributed by atoms with Crippen LogP contribution in [0, 0.1) is 0 Å². The first-order chi connectivity index (χ1) is 10.0. The summed E-state index contributed by atoms with van der Waals surface area (Å²) in [5.74, 6) is -0.0751. The van der Waals surface area contributed by atoms with Crippen molar-refractivity contribution in [2.24, 2.45) is 0 Å². The summed E-state index contributed by atoms with van der Waals surface area (Å²) in [4.78, 5) is 16.3. The quantitative estimate of drug-likeness (QED) is 0.841. The third kappa shape index (κ3) is 5.32. The van der Waals surface area contributed by atoms with Crippen LogP contribution in [0.5, 0.6) is 0 Å². The summed E-state index contributed by atoms with van der Waals surface area (Å²) in [5.41, 5.74) is 1.70. The van der Waals surface area contributed by atoms with E-state index in [-0.39, 0.29) is 12.5 Å². The van der Waals surface area contributed by atoms with Gasteiger partial charge in [0, 0.05) is 28.9 Å². The lowest BCUT2D eigenvalue weighted by molar-refractivity contribution is -0.116. The van der Waals surface area contributed by atoms with E-state index < -0.39 is 0 Å². The van der Waals surface area contributed by atoms with Crippen LogP contribution < -0.4 is 10.6 Å². The number of nitrogens with zero attached hydrogens (tertiary/aromatic N) is 2. The maximum absolute atomic E-state index is 12.0. The van der Waals surface area contributed by atoms with Crippen molar-refractivity contribution < 1.29 is 4.79 Å². The molecule has 21 heavy (non-hydrogen) atoms. The number of amides is 1. The van der Waals surface area contributed by atoms with Crippen molar-refractivity contribution >= 4 is 27.5 Å². The number of imidazole rings is 1. The lowest BCUT2D eigenvalue weighted by Crippen LogP contribution is -2.22. The SMILES string of the molecule is CC(C)NCc1cn(CC(=O)Nc2cccc(Br)c2)cn1. The number of anilines is 1. The fourth-order valence-electron chi connectivity index (χ4n) is 1.83. The van der Waals surface area contributed by atoms with E-state index in [2.05, 4.69) is 45.4 Å². The number of carbonyl (C=O) groups excluding carboxylic acids is 1. The van der Waals surface area contributed by atoms with E-state index in [1.807, 2.05) is 30.5 Å². The topological polar surface area (TPSA) is 59.0 Å². The van der Waals surface area contributed by atoms with Gasteiger partial charge in [0.25, 0.3) is 0 Å². The van der Waals surface area contributed by atoms with Gasteiger partial charge >= 0.3 is 0 Å². The number of nitrogens with one attached hydrogen (secondary N) is 2. The maximum atomic E-state index is 12.0. The van der Waals surface area contributed by atoms with Crippen LogP contribution in [0.15, 0.2) is 41.3 Å². The van der Waals surface area contributed by atoms with E-state index in [0.717, 1.165) is 15.9 Å². The maximum Gasteiger partial charge on any atom is 0.244 e. The molecule has 0 atom stereocenters. The number of benzene rings is 1. The highest BCUT2D eigenvalue weighted by molar-refractivity contribution is 9.10. The summed E-state index contributed by atoms with van der Waals surface area (Å²) in [7, 11) is 0. The lowest BCUT2D eigenvalue weighted by Gasteiger charge is -2.06. The Kier molecular flexibility index (Phi) is 5.52. The number of hydrogen-bond donors (Lipinski definition) is 2. The predicted octanol–water partition coefficient (Wildman–Crippen LogP) is 2.78. The smallest absolute Gasteiger partial charge is 0.244 e. The van der Waals surface area contributed by atoms with Gasteiger partial charge in [-0.25, -0.2) is 4.98 Å². The van der Waals surface area contributed by atoms with Crippen LogP contribution >= 0.6 is 15.9 Å². The van der Waals surface area contributed by atoms with Crippen molar-refractivity contribution in [2.75, 3.05) is 5.32 Å². The lowest BCUT2D eigenvalue weighted by atomic mass is 10.3. The minimum absolute atomic E-state index is 0.0751. The molecule has 0 saturated heterocycles. The molecule has 0 spiro atoms. The molecule has 2 N–H and O–H groups in total. The third-order valence-corrected chi connectivity index (χ3v) is 3.31. The standard InChI is InChI=1S/C15H19BrN4O/c1-11(2)17-7-14-8-20(10-18-14)9-15(21)19-13-5-3-4-12(16)6-13/h3-6,8,10-11,17H,7,9H2,1-2H3,(H,19,21). The molecule has 112 valence electrons. The van der Waals surface area contributed by atoms with Crippen LogP contribution in [-0.2, 0) is 17.9 Å². The van der Waals surface area contributed by atoms with E-state index in [4.69, 9.17) is 0 Å². The first-order valence-electron chi connectivity index (χ1n) is 6.82. The van der Waals surface area contributed by atoms with Crippen molar-refractivity contribution in [1.82, 2.24) is 14.9 Å². The van der Waals surface area contributed by atoms with Crippen molar-refractivity contribution in [3.05, 3.63) is 47.0 Å². The molecule has 2 rings (SSSR count). The minimum Gasteiger partial charge on any atom is -0.328 e. The molecule has 0 aliphatic carbocycles. The number of hydrogen-bond acceptors (Lipinski definition) is 3. The van der Waals surface area contributed by atoms with E-state index in [9.17, 15) is 4.79 Å². The summed E-state index contributed by atoms with van der Waals surface area (Å²) in [5, 5.41) is 6.15. The molecular formula is C15H19BrN4O. The summed E-state index contributed by atoms with van der Waals surface area (Å²) >= 11 is 3.38. The second-order valence-corrected chi connectivity index (χ2v) is 6.05. The Morgan fingerprint density at radius 3 is 2.95 bits per heavy atom. The number of rotatable bonds is 6. The van der Waals surface area contributed by atoms with E-state index in [1.54, 1.807) is 10.9 Å². The molecule has 0 unspecified atom stereocenters. The van der Waals surface area contributed by atoms with Crippen molar-refractivity contribution in [3.63, 3.8) is 0 Å². The Labute approximate surface area is 132 Å². The predicted molar refractivity (Wildman–Crippen MR) is 87.0 cm³/mol. The highest BCUT2D eigenvalue weighted by Gasteiger charge is 2.06. The Hall–Kier alpha value is -1.66. The van der Waals surface area contributed by atoms with Gasteiger partial charge in [-0.05, 0) is 18.2 Å². The Morgan fingerprint density at radius 2 is 2.24 bits per heavy atom. The number of carbonyl (C=O) groups is 1. The molecule has 1 aromatic carbocycles. The average molecular weight is 351 g/mol. The van der Waals surface area contributed by atoms with Gasteiger partial charge in [0.05, 0.1) is 12.0 Å². The van der Waals surface area contributed by atoms with Crippen LogP contribution in [0.4, 0.5) is 5.69 Å². The van der Waals surface area contributed by atoms with Gasteiger partial charge in [0.1, 0.15) is 6.54 Å². The third-order valence-electron chi connectivity index (χ3n) is 2.81. The van der Waals surface area contributed by atoms with Crippen LogP contribution in [0.1, 0.15) is 19.5 Å². The fraction of sp³-hybridized carbons (Fsp3) is 0.333. The van der Waals surface area contributed by atoms with E-state index >= 15 is 0 Å². The molecule has 2 aromatic rings. The normalized spacial score (nSPS) is 10.9. The summed E-state index contributed by atoms with van der Waals surface area (Å²) in [6.45, 7) is 5.13. The highest BCUT2D eigenvalue weighted by atomic mass is 79.9. The molecule has 1 heterocycles. The van der Waals surface area contributed by atoms with Gasteiger partial charge in [-0.1, -0.05) is 35.8 Å². The molecule has 1 aromatic heterocycles. The second kappa shape index (κ2) is 7.38. The molecule has 0 saturated carbocycles. The molecular weight excluding hydrogens is 332 g/mol. The van der Waals surface area contributed by atoms with Crippen LogP contribution in [0.2, 0.25) is 0 Å². The summed E-state index contributed by atoms with van der Waals surface area (Å²) in [6.07, 6.45) is 3.56. The molecule has 0 aliphatic heterocycles. The Morgan fingerprint density at radius 1 is 1.43 bits per heavy atom. The van der Waals surface area contributed by atoms with Crippen molar-refractivity contribution in [3.8, 4) is 0 Å². The highest BCUT2D eigenvalue weighted by Crippen LogP contribution is 2.15. The molecule has 0 radical (unpaired) electrons. The minimum atomic E-state index is -0.0751. The van der Waals surface area contributed by atoms with E-state index in [1.165, 1.54) is 0 Å². The van der Waals surface area contributed by atoms with Gasteiger partial charge in [-0.15, -0.1) is 0 Å². The monoisotopic (exact) mass is 350 g/mol. The Bertz CT molecular complexity index is 609. The van der Waals surface area contributed by atoms with Gasteiger partial charge in [0.2, 0.25) is 5.91 Å². The molecule has 0 bridgehead atoms. The molecule has 0 fully saturated rings. The first-order valence-corrected chi connectivity index (χ1v) is 7.61. The van der Waals surface area contributed by atoms with Gasteiger partial charge in [-0.3, -0.25) is 4.79 Å². The van der Waals surface area contributed by atoms with Gasteiger partial charge in [-0.2, -0.15) is 0 Å². The number of aromatic nitrogens is 2. The van der Waals surface area contributed by atoms with Crippen molar-refractivity contribution in [2.45, 2.75) is 33.0 Å². The fourth-order valence-corrected chi connectivity index (χ4v) is 2.22. The zero-order valence-corrected chi connectivity index (χ0v) is 13.7. The summed E-state index contributed by atoms with van der Waals surface area (Å²) in [6, 6.07) is 7.93. The van der Waals surface area contributed by atoms with Crippen LogP contribution in [-0.4, -0.2) is 21.5 Å². The zero-order valence-electron chi connectivity index (χ0n) is 12.1. The van der Waals surface area contributed by atoms with Crippen LogP contribution in [0.25, 0.3) is 0 Å². The molecule has 1 amide bonds. The largest absolute Gasteiger partial charge is 0.328 e. The second-order valence-electron chi connectivity index (χ2n) is 5.13. The van der Waals surface area contributed by atoms with E-state index in [0.29, 0.717) is 12.6 Å². The van der Waals surface area contributed by atoms with Crippen molar-refractivity contribution in [1.29, 1.82) is 0 Å². The molecule has 0 aliphatic rings. The van der Waals surface area contributed by atoms with Gasteiger partial charge < -0.3 is 15.2 Å². The Balaban J connectivity index is 1.88. The summed E-state index contributed by atoms with van der Waals surface area (Å²) < 4.78 is 2.72. The van der Waals surface area contributed by atoms with Gasteiger partial charge in [0.15, 0.2) is 0 Å². The molecule has 6 heteroatoms. The zero-order chi connectivity index (χ0) is 15.2. The molecule has 5 nitrogen and oxygen atoms in total. The van der Waals surface area contributed by atoms with Crippen LogP contribution in [0.3, 0.4) is 0 Å².